The number of hydrogen-bond acceptors (Lipinski definition) is 7. The zero-order chi connectivity index (χ0) is 25.0. The van der Waals surface area contributed by atoms with Gasteiger partial charge in [-0.15, -0.1) is 0 Å². The third-order valence-corrected chi connectivity index (χ3v) is 7.04. The van der Waals surface area contributed by atoms with E-state index in [2.05, 4.69) is 10.0 Å². The van der Waals surface area contributed by atoms with Crippen molar-refractivity contribution in [1.29, 1.82) is 0 Å². The van der Waals surface area contributed by atoms with Crippen molar-refractivity contribution in [2.75, 3.05) is 35.1 Å². The van der Waals surface area contributed by atoms with Gasteiger partial charge in [-0.1, -0.05) is 12.1 Å². The summed E-state index contributed by atoms with van der Waals surface area (Å²) in [6.45, 7) is 1.49. The highest BCUT2D eigenvalue weighted by atomic mass is 32.2. The molecule has 0 bridgehead atoms. The van der Waals surface area contributed by atoms with Crippen LogP contribution in [-0.2, 0) is 10.0 Å². The van der Waals surface area contributed by atoms with Gasteiger partial charge in [0.1, 0.15) is 11.4 Å². The number of nitro groups is 1. The molecule has 35 heavy (non-hydrogen) atoms. The van der Waals surface area contributed by atoms with Crippen molar-refractivity contribution in [3.05, 3.63) is 82.4 Å². The van der Waals surface area contributed by atoms with Gasteiger partial charge in [0.25, 0.3) is 21.6 Å². The van der Waals surface area contributed by atoms with E-state index in [1.807, 2.05) is 4.90 Å². The van der Waals surface area contributed by atoms with Crippen molar-refractivity contribution in [3.8, 4) is 5.75 Å². The summed E-state index contributed by atoms with van der Waals surface area (Å²) in [6, 6.07) is 16.6. The number of sulfonamides is 1. The molecule has 182 valence electrons. The maximum Gasteiger partial charge on any atom is 0.293 e. The molecule has 1 saturated heterocycles. The molecule has 0 saturated carbocycles. The van der Waals surface area contributed by atoms with Crippen molar-refractivity contribution in [2.24, 2.45) is 0 Å². The average molecular weight is 497 g/mol. The first-order valence-electron chi connectivity index (χ1n) is 10.9. The van der Waals surface area contributed by atoms with Gasteiger partial charge in [-0.25, -0.2) is 8.42 Å². The minimum Gasteiger partial charge on any atom is -0.495 e. The molecular weight excluding hydrogens is 472 g/mol. The minimum atomic E-state index is -3.89. The Hall–Kier alpha value is -4.12. The number of carbonyl (C=O) groups excluding carboxylic acids is 1. The van der Waals surface area contributed by atoms with Gasteiger partial charge in [0.2, 0.25) is 0 Å². The number of carbonyl (C=O) groups is 1. The van der Waals surface area contributed by atoms with Gasteiger partial charge in [-0.05, 0) is 61.4 Å². The summed E-state index contributed by atoms with van der Waals surface area (Å²) in [7, 11) is -2.45. The Morgan fingerprint density at radius 1 is 1.03 bits per heavy atom. The highest BCUT2D eigenvalue weighted by Gasteiger charge is 2.24. The standard InChI is InChI=1S/C24H24N4O6S/c1-34-23-7-3-2-6-20(23)26-35(32,33)19-11-9-18(10-12-19)25-24(29)17-8-13-21(22(16-17)28(30)31)27-14-4-5-15-27/h2-3,6-13,16,26H,4-5,14-15H2,1H3,(H,25,29). The molecule has 3 aromatic rings. The Kier molecular flexibility index (Phi) is 6.87. The van der Waals surface area contributed by atoms with Gasteiger partial charge in [-0.3, -0.25) is 19.6 Å². The van der Waals surface area contributed by atoms with E-state index in [0.29, 0.717) is 22.8 Å². The highest BCUT2D eigenvalue weighted by Crippen LogP contribution is 2.32. The molecule has 11 heteroatoms. The molecule has 0 spiro atoms. The number of benzene rings is 3. The number of nitro benzene ring substituents is 1. The van der Waals surface area contributed by atoms with E-state index in [1.54, 1.807) is 36.4 Å². The fraction of sp³-hybridized carbons (Fsp3) is 0.208. The van der Waals surface area contributed by atoms with Crippen LogP contribution in [0.25, 0.3) is 0 Å². The molecule has 1 aliphatic heterocycles. The van der Waals surface area contributed by atoms with Crippen LogP contribution in [0.1, 0.15) is 23.2 Å². The van der Waals surface area contributed by atoms with Gasteiger partial charge in [0.05, 0.1) is 22.6 Å². The van der Waals surface area contributed by atoms with Crippen molar-refractivity contribution in [3.63, 3.8) is 0 Å². The van der Waals surface area contributed by atoms with Gasteiger partial charge in [0.15, 0.2) is 0 Å². The maximum absolute atomic E-state index is 12.7. The average Bonchev–Trinajstić information content (AvgIpc) is 3.39. The fourth-order valence-electron chi connectivity index (χ4n) is 3.89. The molecule has 0 unspecified atom stereocenters. The number of anilines is 3. The molecule has 0 radical (unpaired) electrons. The zero-order valence-corrected chi connectivity index (χ0v) is 19.7. The molecule has 0 aliphatic carbocycles. The second-order valence-electron chi connectivity index (χ2n) is 7.94. The largest absolute Gasteiger partial charge is 0.495 e. The lowest BCUT2D eigenvalue weighted by Crippen LogP contribution is -2.20. The lowest BCUT2D eigenvalue weighted by atomic mass is 10.1. The summed E-state index contributed by atoms with van der Waals surface area (Å²) in [5.74, 6) is -0.159. The first-order valence-corrected chi connectivity index (χ1v) is 12.4. The van der Waals surface area contributed by atoms with Crippen LogP contribution in [-0.4, -0.2) is 39.4 Å². The molecule has 1 aliphatic rings. The molecule has 2 N–H and O–H groups in total. The van der Waals surface area contributed by atoms with E-state index in [0.717, 1.165) is 25.9 Å². The van der Waals surface area contributed by atoms with Crippen LogP contribution in [0.4, 0.5) is 22.7 Å². The van der Waals surface area contributed by atoms with E-state index in [9.17, 15) is 23.3 Å². The van der Waals surface area contributed by atoms with Crippen molar-refractivity contribution in [2.45, 2.75) is 17.7 Å². The number of methoxy groups -OCH3 is 1. The maximum atomic E-state index is 12.7. The van der Waals surface area contributed by atoms with E-state index in [-0.39, 0.29) is 16.1 Å². The third-order valence-electron chi connectivity index (χ3n) is 5.65. The summed E-state index contributed by atoms with van der Waals surface area (Å²) in [5.41, 5.74) is 1.16. The number of hydrogen-bond donors (Lipinski definition) is 2. The number of ether oxygens (including phenoxy) is 1. The molecule has 4 rings (SSSR count). The molecule has 0 atom stereocenters. The van der Waals surface area contributed by atoms with E-state index < -0.39 is 20.9 Å². The van der Waals surface area contributed by atoms with Crippen LogP contribution < -0.4 is 19.7 Å². The Morgan fingerprint density at radius 3 is 2.37 bits per heavy atom. The van der Waals surface area contributed by atoms with Crippen LogP contribution in [0, 0.1) is 10.1 Å². The van der Waals surface area contributed by atoms with Gasteiger partial charge in [-0.2, -0.15) is 0 Å². The Balaban J connectivity index is 1.49. The van der Waals surface area contributed by atoms with Crippen LogP contribution in [0.15, 0.2) is 71.6 Å². The second-order valence-corrected chi connectivity index (χ2v) is 9.62. The third kappa shape index (κ3) is 5.35. The molecule has 1 heterocycles. The van der Waals surface area contributed by atoms with Crippen LogP contribution in [0.3, 0.4) is 0 Å². The van der Waals surface area contributed by atoms with Crippen molar-refractivity contribution >= 4 is 38.7 Å². The summed E-state index contributed by atoms with van der Waals surface area (Å²) in [6.07, 6.45) is 1.94. The Bertz CT molecular complexity index is 1350. The lowest BCUT2D eigenvalue weighted by molar-refractivity contribution is -0.384. The Labute approximate surface area is 202 Å². The molecule has 10 nitrogen and oxygen atoms in total. The molecule has 3 aromatic carbocycles. The predicted octanol–water partition coefficient (Wildman–Crippen LogP) is 4.26. The topological polar surface area (TPSA) is 131 Å². The number of nitrogens with one attached hydrogen (secondary N) is 2. The first kappa shape index (κ1) is 24.0. The van der Waals surface area contributed by atoms with E-state index in [1.165, 1.54) is 37.4 Å². The first-order chi connectivity index (χ1) is 16.8. The van der Waals surface area contributed by atoms with E-state index >= 15 is 0 Å². The normalized spacial score (nSPS) is 13.3. The van der Waals surface area contributed by atoms with Crippen molar-refractivity contribution in [1.82, 2.24) is 0 Å². The van der Waals surface area contributed by atoms with Crippen LogP contribution in [0.5, 0.6) is 5.75 Å². The van der Waals surface area contributed by atoms with Gasteiger partial charge >= 0.3 is 0 Å². The summed E-state index contributed by atoms with van der Waals surface area (Å²) in [5, 5.41) is 14.2. The molecule has 1 fully saturated rings. The minimum absolute atomic E-state index is 0.00740. The summed E-state index contributed by atoms with van der Waals surface area (Å²) in [4.78, 5) is 25.8. The lowest BCUT2D eigenvalue weighted by Gasteiger charge is -2.17. The Morgan fingerprint density at radius 2 is 1.71 bits per heavy atom. The van der Waals surface area contributed by atoms with Gasteiger partial charge < -0.3 is 15.0 Å². The summed E-state index contributed by atoms with van der Waals surface area (Å²) < 4.78 is 33.1. The molecule has 1 amide bonds. The quantitative estimate of drug-likeness (QED) is 0.352. The fourth-order valence-corrected chi connectivity index (χ4v) is 4.96. The van der Waals surface area contributed by atoms with Crippen LogP contribution in [0.2, 0.25) is 0 Å². The zero-order valence-electron chi connectivity index (χ0n) is 18.9. The summed E-state index contributed by atoms with van der Waals surface area (Å²) >= 11 is 0. The number of nitrogens with zero attached hydrogens (tertiary/aromatic N) is 2. The number of amides is 1. The van der Waals surface area contributed by atoms with E-state index in [4.69, 9.17) is 4.74 Å². The highest BCUT2D eigenvalue weighted by molar-refractivity contribution is 7.92. The van der Waals surface area contributed by atoms with Crippen molar-refractivity contribution < 1.29 is 22.9 Å². The second kappa shape index (κ2) is 10.0. The predicted molar refractivity (Wildman–Crippen MR) is 133 cm³/mol. The van der Waals surface area contributed by atoms with Crippen LogP contribution >= 0.6 is 0 Å². The molecular formula is C24H24N4O6S. The van der Waals surface area contributed by atoms with Gasteiger partial charge in [0, 0.05) is 30.4 Å². The molecule has 0 aromatic heterocycles. The number of rotatable bonds is 8. The number of para-hydroxylation sites is 2. The monoisotopic (exact) mass is 496 g/mol. The SMILES string of the molecule is COc1ccccc1NS(=O)(=O)c1ccc(NC(=O)c2ccc(N3CCCC3)c([N+](=O)[O-])c2)cc1. The smallest absolute Gasteiger partial charge is 0.293 e.